The Morgan fingerprint density at radius 1 is 1.53 bits per heavy atom. The van der Waals surface area contributed by atoms with Gasteiger partial charge in [-0.25, -0.2) is 4.98 Å². The fourth-order valence-electron chi connectivity index (χ4n) is 1.31. The summed E-state index contributed by atoms with van der Waals surface area (Å²) in [5.41, 5.74) is 0. The number of thiazole rings is 1. The van der Waals surface area contributed by atoms with Crippen molar-refractivity contribution in [1.82, 2.24) is 4.98 Å². The van der Waals surface area contributed by atoms with Crippen molar-refractivity contribution in [1.29, 1.82) is 0 Å². The van der Waals surface area contributed by atoms with E-state index in [0.717, 1.165) is 24.2 Å². The van der Waals surface area contributed by atoms with Crippen molar-refractivity contribution in [2.45, 2.75) is 25.1 Å². The minimum atomic E-state index is -4.19. The number of aromatic nitrogens is 1. The molecule has 1 aliphatic rings. The lowest BCUT2D eigenvalue weighted by atomic mass is 10.5. The largest absolute Gasteiger partial charge is 0.406 e. The van der Waals surface area contributed by atoms with Gasteiger partial charge in [0.2, 0.25) is 0 Å². The zero-order valence-electron chi connectivity index (χ0n) is 7.59. The number of hydrogen-bond donors (Lipinski definition) is 0. The topological polar surface area (TPSA) is 16.1 Å². The SMILES string of the molecule is FC(F)(F)CN(c1nc(Cl)cs1)C1CC1. The second kappa shape index (κ2) is 3.83. The molecule has 1 fully saturated rings. The fraction of sp³-hybridized carbons (Fsp3) is 0.625. The molecule has 7 heteroatoms. The Morgan fingerprint density at radius 2 is 2.20 bits per heavy atom. The molecule has 15 heavy (non-hydrogen) atoms. The lowest BCUT2D eigenvalue weighted by Crippen LogP contribution is -2.35. The zero-order valence-corrected chi connectivity index (χ0v) is 9.16. The average Bonchev–Trinajstić information content (AvgIpc) is 2.84. The molecule has 0 radical (unpaired) electrons. The summed E-state index contributed by atoms with van der Waals surface area (Å²) >= 11 is 6.74. The van der Waals surface area contributed by atoms with Gasteiger partial charge in [-0.1, -0.05) is 11.6 Å². The minimum Gasteiger partial charge on any atom is -0.336 e. The molecular formula is C8H8ClF3N2S. The van der Waals surface area contributed by atoms with E-state index in [1.165, 1.54) is 4.90 Å². The summed E-state index contributed by atoms with van der Waals surface area (Å²) in [6.45, 7) is -0.943. The normalized spacial score (nSPS) is 16.8. The summed E-state index contributed by atoms with van der Waals surface area (Å²) in [6, 6.07) is -0.0196. The number of rotatable bonds is 3. The van der Waals surface area contributed by atoms with Crippen LogP contribution in [0.3, 0.4) is 0 Å². The van der Waals surface area contributed by atoms with E-state index in [1.807, 2.05) is 0 Å². The van der Waals surface area contributed by atoms with Crippen molar-refractivity contribution >= 4 is 28.1 Å². The monoisotopic (exact) mass is 256 g/mol. The van der Waals surface area contributed by atoms with E-state index in [4.69, 9.17) is 11.6 Å². The predicted octanol–water partition coefficient (Wildman–Crippen LogP) is 3.33. The average molecular weight is 257 g/mol. The fourth-order valence-corrected chi connectivity index (χ4v) is 2.33. The van der Waals surface area contributed by atoms with Crippen LogP contribution in [0.25, 0.3) is 0 Å². The van der Waals surface area contributed by atoms with Gasteiger partial charge in [0.05, 0.1) is 0 Å². The first-order chi connectivity index (χ1) is 6.96. The molecule has 0 spiro atoms. The first-order valence-corrected chi connectivity index (χ1v) is 5.66. The Balaban J connectivity index is 2.13. The van der Waals surface area contributed by atoms with Gasteiger partial charge in [-0.15, -0.1) is 11.3 Å². The third kappa shape index (κ3) is 2.98. The first-order valence-electron chi connectivity index (χ1n) is 4.40. The molecular weight excluding hydrogens is 249 g/mol. The Bertz CT molecular complexity index is 348. The van der Waals surface area contributed by atoms with E-state index >= 15 is 0 Å². The van der Waals surface area contributed by atoms with Gasteiger partial charge in [-0.3, -0.25) is 0 Å². The zero-order chi connectivity index (χ0) is 11.1. The third-order valence-corrected chi connectivity index (χ3v) is 3.25. The standard InChI is InChI=1S/C8H8ClF3N2S/c9-6-3-15-7(13-6)14(5-1-2-5)4-8(10,11)12/h3,5H,1-2,4H2. The van der Waals surface area contributed by atoms with Gasteiger partial charge < -0.3 is 4.90 Å². The van der Waals surface area contributed by atoms with E-state index in [0.29, 0.717) is 5.13 Å². The molecule has 2 rings (SSSR count). The summed E-state index contributed by atoms with van der Waals surface area (Å²) in [6.07, 6.45) is -2.60. The Labute approximate surface area is 93.7 Å². The smallest absolute Gasteiger partial charge is 0.336 e. The van der Waals surface area contributed by atoms with Crippen LogP contribution in [-0.4, -0.2) is 23.7 Å². The van der Waals surface area contributed by atoms with Crippen molar-refractivity contribution in [2.75, 3.05) is 11.4 Å². The number of halogens is 4. The highest BCUT2D eigenvalue weighted by molar-refractivity contribution is 7.14. The van der Waals surface area contributed by atoms with E-state index in [-0.39, 0.29) is 11.2 Å². The molecule has 0 amide bonds. The van der Waals surface area contributed by atoms with Gasteiger partial charge >= 0.3 is 6.18 Å². The molecule has 0 saturated heterocycles. The molecule has 0 bridgehead atoms. The van der Waals surface area contributed by atoms with Crippen molar-refractivity contribution in [3.05, 3.63) is 10.5 Å². The molecule has 2 nitrogen and oxygen atoms in total. The summed E-state index contributed by atoms with van der Waals surface area (Å²) in [5.74, 6) is 0. The van der Waals surface area contributed by atoms with Crippen molar-refractivity contribution in [3.8, 4) is 0 Å². The molecule has 1 saturated carbocycles. The van der Waals surface area contributed by atoms with E-state index < -0.39 is 12.7 Å². The van der Waals surface area contributed by atoms with Gasteiger partial charge in [-0.05, 0) is 12.8 Å². The quantitative estimate of drug-likeness (QED) is 0.825. The van der Waals surface area contributed by atoms with Crippen LogP contribution in [0.5, 0.6) is 0 Å². The van der Waals surface area contributed by atoms with Crippen LogP contribution in [0.4, 0.5) is 18.3 Å². The predicted molar refractivity (Wildman–Crippen MR) is 53.5 cm³/mol. The first kappa shape index (κ1) is 11.0. The highest BCUT2D eigenvalue weighted by atomic mass is 35.5. The summed E-state index contributed by atoms with van der Waals surface area (Å²) in [4.78, 5) is 5.15. The second-order valence-corrected chi connectivity index (χ2v) is 4.65. The molecule has 0 aromatic carbocycles. The molecule has 1 heterocycles. The van der Waals surface area contributed by atoms with E-state index in [9.17, 15) is 13.2 Å². The second-order valence-electron chi connectivity index (χ2n) is 3.43. The summed E-state index contributed by atoms with van der Waals surface area (Å²) < 4.78 is 36.9. The van der Waals surface area contributed by atoms with Crippen molar-refractivity contribution in [3.63, 3.8) is 0 Å². The molecule has 0 atom stereocenters. The molecule has 1 aromatic rings. The molecule has 0 N–H and O–H groups in total. The number of nitrogens with zero attached hydrogens (tertiary/aromatic N) is 2. The van der Waals surface area contributed by atoms with Gasteiger partial charge in [0, 0.05) is 11.4 Å². The van der Waals surface area contributed by atoms with Crippen LogP contribution in [0.1, 0.15) is 12.8 Å². The van der Waals surface area contributed by atoms with Crippen LogP contribution >= 0.6 is 22.9 Å². The lowest BCUT2D eigenvalue weighted by molar-refractivity contribution is -0.120. The van der Waals surface area contributed by atoms with Gasteiger partial charge in [-0.2, -0.15) is 13.2 Å². The van der Waals surface area contributed by atoms with Crippen LogP contribution in [0, 0.1) is 0 Å². The van der Waals surface area contributed by atoms with Crippen LogP contribution in [-0.2, 0) is 0 Å². The van der Waals surface area contributed by atoms with Gasteiger partial charge in [0.15, 0.2) is 5.13 Å². The van der Waals surface area contributed by atoms with E-state index in [2.05, 4.69) is 4.98 Å². The van der Waals surface area contributed by atoms with Gasteiger partial charge in [0.1, 0.15) is 11.7 Å². The maximum absolute atomic E-state index is 12.3. The molecule has 1 aromatic heterocycles. The van der Waals surface area contributed by atoms with Crippen LogP contribution in [0.2, 0.25) is 5.15 Å². The van der Waals surface area contributed by atoms with Crippen LogP contribution < -0.4 is 4.90 Å². The Hall–Kier alpha value is -0.490. The maximum Gasteiger partial charge on any atom is 0.406 e. The molecule has 1 aliphatic carbocycles. The molecule has 84 valence electrons. The van der Waals surface area contributed by atoms with Crippen LogP contribution in [0.15, 0.2) is 5.38 Å². The van der Waals surface area contributed by atoms with Gasteiger partial charge in [0.25, 0.3) is 0 Å². The highest BCUT2D eigenvalue weighted by Crippen LogP contribution is 2.36. The minimum absolute atomic E-state index is 0.0196. The third-order valence-electron chi connectivity index (χ3n) is 2.05. The lowest BCUT2D eigenvalue weighted by Gasteiger charge is -2.22. The summed E-state index contributed by atoms with van der Waals surface area (Å²) in [7, 11) is 0. The highest BCUT2D eigenvalue weighted by Gasteiger charge is 2.39. The molecule has 0 unspecified atom stereocenters. The van der Waals surface area contributed by atoms with E-state index in [1.54, 1.807) is 5.38 Å². The number of anilines is 1. The van der Waals surface area contributed by atoms with Crippen molar-refractivity contribution in [2.24, 2.45) is 0 Å². The number of hydrogen-bond acceptors (Lipinski definition) is 3. The van der Waals surface area contributed by atoms with Crippen molar-refractivity contribution < 1.29 is 13.2 Å². The maximum atomic E-state index is 12.3. The summed E-state index contributed by atoms with van der Waals surface area (Å²) in [5, 5.41) is 2.16. The number of alkyl halides is 3. The Kier molecular flexibility index (Phi) is 2.81. The molecule has 0 aliphatic heterocycles. The Morgan fingerprint density at radius 3 is 2.60 bits per heavy atom.